The molecule has 7 heteroatoms. The van der Waals surface area contributed by atoms with E-state index in [1.165, 1.54) is 0 Å². The molecule has 0 bridgehead atoms. The lowest BCUT2D eigenvalue weighted by molar-refractivity contribution is 0.0746. The summed E-state index contributed by atoms with van der Waals surface area (Å²) in [7, 11) is 1.81. The Kier molecular flexibility index (Phi) is 3.73. The maximum Gasteiger partial charge on any atom is 0.257 e. The minimum absolute atomic E-state index is 0.0289. The van der Waals surface area contributed by atoms with Crippen LogP contribution in [0.5, 0.6) is 0 Å². The number of oxime groups is 1. The van der Waals surface area contributed by atoms with E-state index in [4.69, 9.17) is 10.9 Å². The highest BCUT2D eigenvalue weighted by atomic mass is 16.4. The molecule has 0 radical (unpaired) electrons. The standard InChI is InChI=1S/C12H19N5O2/c1-8-10(7-14-16(8)2)12(18)17(9-3-4-9)6-5-11(13)15-19/h7,9,19H,3-6H2,1-2H3,(H2,13,15). The van der Waals surface area contributed by atoms with Gasteiger partial charge in [-0.05, 0) is 19.8 Å². The Morgan fingerprint density at radius 3 is 2.84 bits per heavy atom. The molecule has 1 amide bonds. The third-order valence-electron chi connectivity index (χ3n) is 3.45. The molecule has 19 heavy (non-hydrogen) atoms. The first kappa shape index (κ1) is 13.4. The molecule has 1 heterocycles. The number of carbonyl (C=O) groups is 1. The highest BCUT2D eigenvalue weighted by molar-refractivity contribution is 5.95. The van der Waals surface area contributed by atoms with Gasteiger partial charge in [-0.3, -0.25) is 9.48 Å². The van der Waals surface area contributed by atoms with Crippen LogP contribution in [0.1, 0.15) is 35.3 Å². The molecule has 1 aliphatic carbocycles. The average Bonchev–Trinajstić information content (AvgIpc) is 3.17. The molecule has 1 aromatic heterocycles. The summed E-state index contributed by atoms with van der Waals surface area (Å²) < 4.78 is 1.68. The molecule has 0 spiro atoms. The van der Waals surface area contributed by atoms with E-state index in [0.29, 0.717) is 18.5 Å². The van der Waals surface area contributed by atoms with Crippen LogP contribution in [0.3, 0.4) is 0 Å². The first-order valence-electron chi connectivity index (χ1n) is 6.30. The van der Waals surface area contributed by atoms with Crippen molar-refractivity contribution in [3.63, 3.8) is 0 Å². The van der Waals surface area contributed by atoms with Gasteiger partial charge < -0.3 is 15.8 Å². The molecule has 0 atom stereocenters. The van der Waals surface area contributed by atoms with E-state index in [1.807, 2.05) is 14.0 Å². The van der Waals surface area contributed by atoms with Gasteiger partial charge in [0.1, 0.15) is 5.84 Å². The van der Waals surface area contributed by atoms with Crippen molar-refractivity contribution in [1.82, 2.24) is 14.7 Å². The Morgan fingerprint density at radius 1 is 1.68 bits per heavy atom. The van der Waals surface area contributed by atoms with Gasteiger partial charge in [0, 0.05) is 31.7 Å². The fraction of sp³-hybridized carbons (Fsp3) is 0.583. The van der Waals surface area contributed by atoms with Crippen LogP contribution in [0.2, 0.25) is 0 Å². The molecule has 1 aliphatic rings. The summed E-state index contributed by atoms with van der Waals surface area (Å²) in [5.41, 5.74) is 6.93. The van der Waals surface area contributed by atoms with Crippen molar-refractivity contribution >= 4 is 11.7 Å². The number of hydrogen-bond donors (Lipinski definition) is 2. The highest BCUT2D eigenvalue weighted by Crippen LogP contribution is 2.28. The second-order valence-corrected chi connectivity index (χ2v) is 4.84. The monoisotopic (exact) mass is 265 g/mol. The fourth-order valence-corrected chi connectivity index (χ4v) is 1.98. The normalized spacial score (nSPS) is 15.6. The molecular weight excluding hydrogens is 246 g/mol. The summed E-state index contributed by atoms with van der Waals surface area (Å²) in [5.74, 6) is 0.111. The predicted molar refractivity (Wildman–Crippen MR) is 70.0 cm³/mol. The number of rotatable bonds is 5. The van der Waals surface area contributed by atoms with Crippen LogP contribution in [0.25, 0.3) is 0 Å². The molecule has 1 aromatic rings. The van der Waals surface area contributed by atoms with Crippen molar-refractivity contribution in [1.29, 1.82) is 0 Å². The smallest absolute Gasteiger partial charge is 0.257 e. The first-order chi connectivity index (χ1) is 9.04. The van der Waals surface area contributed by atoms with Gasteiger partial charge in [-0.2, -0.15) is 5.10 Å². The Hall–Kier alpha value is -2.05. The third kappa shape index (κ3) is 2.86. The van der Waals surface area contributed by atoms with Gasteiger partial charge >= 0.3 is 0 Å². The minimum atomic E-state index is -0.0289. The summed E-state index contributed by atoms with van der Waals surface area (Å²) >= 11 is 0. The molecule has 3 N–H and O–H groups in total. The van der Waals surface area contributed by atoms with Gasteiger partial charge in [0.05, 0.1) is 11.8 Å². The molecule has 0 saturated heterocycles. The van der Waals surface area contributed by atoms with Crippen LogP contribution in [0, 0.1) is 6.92 Å². The van der Waals surface area contributed by atoms with Crippen molar-refractivity contribution in [2.45, 2.75) is 32.2 Å². The summed E-state index contributed by atoms with van der Waals surface area (Å²) in [5, 5.41) is 15.6. The van der Waals surface area contributed by atoms with Gasteiger partial charge in [0.15, 0.2) is 0 Å². The Bertz CT molecular complexity index is 504. The SMILES string of the molecule is Cc1c(C(=O)N(CC/C(N)=N/O)C2CC2)cnn1C. The van der Waals surface area contributed by atoms with Crippen molar-refractivity contribution in [3.05, 3.63) is 17.5 Å². The lowest BCUT2D eigenvalue weighted by Crippen LogP contribution is -2.36. The zero-order valence-corrected chi connectivity index (χ0v) is 11.2. The molecule has 104 valence electrons. The minimum Gasteiger partial charge on any atom is -0.409 e. The van der Waals surface area contributed by atoms with Crippen LogP contribution in [-0.2, 0) is 7.05 Å². The first-order valence-corrected chi connectivity index (χ1v) is 6.30. The van der Waals surface area contributed by atoms with Gasteiger partial charge in [0.25, 0.3) is 5.91 Å². The summed E-state index contributed by atoms with van der Waals surface area (Å²) in [6.45, 7) is 2.34. The van der Waals surface area contributed by atoms with Gasteiger partial charge in [0.2, 0.25) is 0 Å². The molecule has 2 rings (SSSR count). The molecule has 7 nitrogen and oxygen atoms in total. The molecular formula is C12H19N5O2. The maximum atomic E-state index is 12.5. The lowest BCUT2D eigenvalue weighted by Gasteiger charge is -2.21. The zero-order valence-electron chi connectivity index (χ0n) is 11.2. The van der Waals surface area contributed by atoms with Crippen LogP contribution in [-0.4, -0.2) is 44.2 Å². The Morgan fingerprint density at radius 2 is 2.37 bits per heavy atom. The van der Waals surface area contributed by atoms with Crippen molar-refractivity contribution < 1.29 is 10.0 Å². The number of nitrogens with zero attached hydrogens (tertiary/aromatic N) is 4. The zero-order chi connectivity index (χ0) is 14.0. The predicted octanol–water partition coefficient (Wildman–Crippen LogP) is 0.470. The second-order valence-electron chi connectivity index (χ2n) is 4.84. The lowest BCUT2D eigenvalue weighted by atomic mass is 10.2. The van der Waals surface area contributed by atoms with Gasteiger partial charge in [-0.15, -0.1) is 0 Å². The number of aromatic nitrogens is 2. The highest BCUT2D eigenvalue weighted by Gasteiger charge is 2.34. The molecule has 0 unspecified atom stereocenters. The van der Waals surface area contributed by atoms with E-state index in [-0.39, 0.29) is 17.8 Å². The Balaban J connectivity index is 2.11. The van der Waals surface area contributed by atoms with E-state index < -0.39 is 0 Å². The fourth-order valence-electron chi connectivity index (χ4n) is 1.98. The summed E-state index contributed by atoms with van der Waals surface area (Å²) in [6, 6.07) is 0.276. The second kappa shape index (κ2) is 5.29. The summed E-state index contributed by atoms with van der Waals surface area (Å²) in [4.78, 5) is 14.3. The Labute approximate surface area is 111 Å². The van der Waals surface area contributed by atoms with Crippen LogP contribution >= 0.6 is 0 Å². The maximum absolute atomic E-state index is 12.5. The topological polar surface area (TPSA) is 96.7 Å². The van der Waals surface area contributed by atoms with Crippen molar-refractivity contribution in [2.75, 3.05) is 6.54 Å². The molecule has 0 aliphatic heterocycles. The van der Waals surface area contributed by atoms with Crippen molar-refractivity contribution in [2.24, 2.45) is 17.9 Å². The average molecular weight is 265 g/mol. The molecule has 1 fully saturated rings. The summed E-state index contributed by atoms with van der Waals surface area (Å²) in [6.07, 6.45) is 4.00. The number of nitrogens with two attached hydrogens (primary N) is 1. The van der Waals surface area contributed by atoms with Crippen LogP contribution in [0.4, 0.5) is 0 Å². The quantitative estimate of drug-likeness (QED) is 0.350. The van der Waals surface area contributed by atoms with Crippen LogP contribution in [0.15, 0.2) is 11.4 Å². The van der Waals surface area contributed by atoms with E-state index in [1.54, 1.807) is 15.8 Å². The van der Waals surface area contributed by atoms with E-state index in [0.717, 1.165) is 18.5 Å². The van der Waals surface area contributed by atoms with Crippen molar-refractivity contribution in [3.8, 4) is 0 Å². The third-order valence-corrected chi connectivity index (χ3v) is 3.45. The van der Waals surface area contributed by atoms with Gasteiger partial charge in [-0.1, -0.05) is 5.16 Å². The molecule has 0 aromatic carbocycles. The van der Waals surface area contributed by atoms with E-state index >= 15 is 0 Å². The van der Waals surface area contributed by atoms with Crippen LogP contribution < -0.4 is 5.73 Å². The van der Waals surface area contributed by atoms with E-state index in [9.17, 15) is 4.79 Å². The number of hydrogen-bond acceptors (Lipinski definition) is 4. The van der Waals surface area contributed by atoms with Gasteiger partial charge in [-0.25, -0.2) is 0 Å². The number of carbonyl (C=O) groups excluding carboxylic acids is 1. The largest absolute Gasteiger partial charge is 0.409 e. The number of amidine groups is 1. The number of amides is 1. The van der Waals surface area contributed by atoms with E-state index in [2.05, 4.69) is 10.3 Å². The number of aryl methyl sites for hydroxylation is 1. The molecule has 1 saturated carbocycles.